The number of hydrogen-bond donors (Lipinski definition) is 2. The number of carboxylic acid groups (broad SMARTS) is 1. The van der Waals surface area contributed by atoms with Crippen LogP contribution in [0, 0.1) is 20.8 Å². The van der Waals surface area contributed by atoms with Gasteiger partial charge in [-0.1, -0.05) is 11.8 Å². The van der Waals surface area contributed by atoms with Crippen molar-refractivity contribution in [3.8, 4) is 0 Å². The number of thioether (sulfide) groups is 1. The van der Waals surface area contributed by atoms with Crippen LogP contribution >= 0.6 is 11.8 Å². The lowest BCUT2D eigenvalue weighted by Gasteiger charge is -2.16. The fourth-order valence-corrected chi connectivity index (χ4v) is 2.01. The number of nitrogens with zero attached hydrogens (tertiary/aromatic N) is 2. The Hall–Kier alpha value is -1.14. The van der Waals surface area contributed by atoms with Crippen LogP contribution in [-0.2, 0) is 4.79 Å². The molecule has 94 valence electrons. The van der Waals surface area contributed by atoms with E-state index in [2.05, 4.69) is 9.97 Å². The molecule has 0 saturated heterocycles. The molecule has 1 aromatic heterocycles. The van der Waals surface area contributed by atoms with E-state index in [-0.39, 0.29) is 5.75 Å². The third-order valence-electron chi connectivity index (χ3n) is 2.56. The summed E-state index contributed by atoms with van der Waals surface area (Å²) in [6.07, 6.45) is 0. The van der Waals surface area contributed by atoms with Gasteiger partial charge in [0.15, 0.2) is 10.8 Å². The second kappa shape index (κ2) is 5.01. The molecular formula is C11H16N2O3S. The molecule has 5 nitrogen and oxygen atoms in total. The number of aliphatic hydroxyl groups is 1. The Morgan fingerprint density at radius 3 is 2.18 bits per heavy atom. The Morgan fingerprint density at radius 1 is 1.29 bits per heavy atom. The van der Waals surface area contributed by atoms with Gasteiger partial charge < -0.3 is 10.2 Å². The van der Waals surface area contributed by atoms with Gasteiger partial charge in [-0.2, -0.15) is 0 Å². The average molecular weight is 256 g/mol. The smallest absolute Gasteiger partial charge is 0.336 e. The summed E-state index contributed by atoms with van der Waals surface area (Å²) in [6.45, 7) is 6.95. The highest BCUT2D eigenvalue weighted by atomic mass is 32.2. The van der Waals surface area contributed by atoms with Gasteiger partial charge in [0, 0.05) is 17.1 Å². The molecule has 0 bridgehead atoms. The first-order chi connectivity index (χ1) is 7.74. The zero-order valence-electron chi connectivity index (χ0n) is 10.3. The van der Waals surface area contributed by atoms with Crippen LogP contribution in [0.5, 0.6) is 0 Å². The van der Waals surface area contributed by atoms with Crippen molar-refractivity contribution in [1.82, 2.24) is 9.97 Å². The van der Waals surface area contributed by atoms with E-state index in [1.165, 1.54) is 6.92 Å². The van der Waals surface area contributed by atoms with Gasteiger partial charge in [-0.15, -0.1) is 0 Å². The number of carboxylic acids is 1. The first kappa shape index (κ1) is 13.9. The second-order valence-electron chi connectivity index (χ2n) is 4.17. The molecule has 1 rings (SSSR count). The molecular weight excluding hydrogens is 240 g/mol. The lowest BCUT2D eigenvalue weighted by atomic mass is 10.1. The SMILES string of the molecule is Cc1nc(SCC(C)(O)C(=O)O)nc(C)c1C. The van der Waals surface area contributed by atoms with Gasteiger partial charge in [0.2, 0.25) is 0 Å². The molecule has 0 aromatic carbocycles. The van der Waals surface area contributed by atoms with Gasteiger partial charge in [-0.25, -0.2) is 14.8 Å². The van der Waals surface area contributed by atoms with Crippen molar-refractivity contribution in [3.63, 3.8) is 0 Å². The van der Waals surface area contributed by atoms with E-state index in [0.717, 1.165) is 28.7 Å². The summed E-state index contributed by atoms with van der Waals surface area (Å²) < 4.78 is 0. The largest absolute Gasteiger partial charge is 0.479 e. The Morgan fingerprint density at radius 2 is 1.76 bits per heavy atom. The summed E-state index contributed by atoms with van der Waals surface area (Å²) in [4.78, 5) is 19.2. The van der Waals surface area contributed by atoms with Crippen LogP contribution in [0.1, 0.15) is 23.9 Å². The van der Waals surface area contributed by atoms with E-state index in [1.807, 2.05) is 20.8 Å². The Balaban J connectivity index is 2.81. The molecule has 0 aliphatic heterocycles. The third-order valence-corrected chi connectivity index (χ3v) is 3.70. The van der Waals surface area contributed by atoms with E-state index < -0.39 is 11.6 Å². The molecule has 1 unspecified atom stereocenters. The Kier molecular flexibility index (Phi) is 4.11. The van der Waals surface area contributed by atoms with Crippen molar-refractivity contribution in [1.29, 1.82) is 0 Å². The van der Waals surface area contributed by atoms with Gasteiger partial charge in [0.25, 0.3) is 0 Å². The van der Waals surface area contributed by atoms with Crippen molar-refractivity contribution in [2.75, 3.05) is 5.75 Å². The number of aliphatic carboxylic acids is 1. The predicted molar refractivity (Wildman–Crippen MR) is 65.2 cm³/mol. The van der Waals surface area contributed by atoms with Crippen molar-refractivity contribution in [2.24, 2.45) is 0 Å². The summed E-state index contributed by atoms with van der Waals surface area (Å²) in [5, 5.41) is 18.8. The zero-order valence-corrected chi connectivity index (χ0v) is 11.1. The highest BCUT2D eigenvalue weighted by molar-refractivity contribution is 7.99. The summed E-state index contributed by atoms with van der Waals surface area (Å²) >= 11 is 1.14. The maximum Gasteiger partial charge on any atom is 0.336 e. The van der Waals surface area contributed by atoms with Crippen LogP contribution < -0.4 is 0 Å². The first-order valence-corrected chi connectivity index (χ1v) is 6.13. The van der Waals surface area contributed by atoms with Crippen molar-refractivity contribution < 1.29 is 15.0 Å². The van der Waals surface area contributed by atoms with E-state index in [4.69, 9.17) is 5.11 Å². The molecule has 17 heavy (non-hydrogen) atoms. The highest BCUT2D eigenvalue weighted by Gasteiger charge is 2.30. The Labute approximate surface area is 104 Å². The monoisotopic (exact) mass is 256 g/mol. The minimum atomic E-state index is -1.76. The number of aromatic nitrogens is 2. The number of aryl methyl sites for hydroxylation is 2. The van der Waals surface area contributed by atoms with Gasteiger partial charge in [-0.05, 0) is 33.3 Å². The minimum Gasteiger partial charge on any atom is -0.479 e. The standard InChI is InChI=1S/C11H16N2O3S/c1-6-7(2)12-10(13-8(6)3)17-5-11(4,16)9(14)15/h16H,5H2,1-4H3,(H,14,15). The molecule has 0 amide bonds. The van der Waals surface area contributed by atoms with Crippen LogP contribution in [0.2, 0.25) is 0 Å². The Bertz CT molecular complexity index is 423. The molecule has 0 spiro atoms. The third kappa shape index (κ3) is 3.41. The van der Waals surface area contributed by atoms with Crippen LogP contribution in [0.3, 0.4) is 0 Å². The fourth-order valence-electron chi connectivity index (χ4n) is 1.07. The fraction of sp³-hybridized carbons (Fsp3) is 0.545. The average Bonchev–Trinajstić information content (AvgIpc) is 2.22. The maximum atomic E-state index is 10.7. The topological polar surface area (TPSA) is 83.3 Å². The molecule has 1 aromatic rings. The van der Waals surface area contributed by atoms with Crippen LogP contribution in [0.15, 0.2) is 5.16 Å². The minimum absolute atomic E-state index is 0.0181. The quantitative estimate of drug-likeness (QED) is 0.624. The van der Waals surface area contributed by atoms with E-state index in [9.17, 15) is 9.90 Å². The molecule has 0 aliphatic rings. The van der Waals surface area contributed by atoms with Crippen molar-refractivity contribution in [2.45, 2.75) is 38.5 Å². The van der Waals surface area contributed by atoms with Gasteiger partial charge >= 0.3 is 5.97 Å². The molecule has 0 radical (unpaired) electrons. The summed E-state index contributed by atoms with van der Waals surface area (Å²) in [5.74, 6) is -1.23. The van der Waals surface area contributed by atoms with E-state index >= 15 is 0 Å². The van der Waals surface area contributed by atoms with Crippen molar-refractivity contribution >= 4 is 17.7 Å². The predicted octanol–water partition coefficient (Wildman–Crippen LogP) is 1.33. The molecule has 0 saturated carbocycles. The van der Waals surface area contributed by atoms with Gasteiger partial charge in [-0.3, -0.25) is 0 Å². The number of hydrogen-bond acceptors (Lipinski definition) is 5. The molecule has 1 atom stereocenters. The van der Waals surface area contributed by atoms with Crippen LogP contribution in [0.25, 0.3) is 0 Å². The first-order valence-electron chi connectivity index (χ1n) is 5.14. The van der Waals surface area contributed by atoms with Gasteiger partial charge in [0.05, 0.1) is 0 Å². The van der Waals surface area contributed by atoms with E-state index in [1.54, 1.807) is 0 Å². The molecule has 2 N–H and O–H groups in total. The van der Waals surface area contributed by atoms with Crippen molar-refractivity contribution in [3.05, 3.63) is 17.0 Å². The summed E-state index contributed by atoms with van der Waals surface area (Å²) in [5.41, 5.74) is 1.00. The highest BCUT2D eigenvalue weighted by Crippen LogP contribution is 2.21. The maximum absolute atomic E-state index is 10.7. The van der Waals surface area contributed by atoms with Gasteiger partial charge in [0.1, 0.15) is 0 Å². The second-order valence-corrected chi connectivity index (χ2v) is 5.11. The lowest BCUT2D eigenvalue weighted by Crippen LogP contribution is -2.37. The van der Waals surface area contributed by atoms with Crippen LogP contribution in [0.4, 0.5) is 0 Å². The summed E-state index contributed by atoms with van der Waals surface area (Å²) in [6, 6.07) is 0. The van der Waals surface area contributed by atoms with Crippen LogP contribution in [-0.4, -0.2) is 37.5 Å². The molecule has 1 heterocycles. The summed E-state index contributed by atoms with van der Waals surface area (Å²) in [7, 11) is 0. The normalized spacial score (nSPS) is 14.4. The van der Waals surface area contributed by atoms with E-state index in [0.29, 0.717) is 5.16 Å². The number of rotatable bonds is 4. The molecule has 0 fully saturated rings. The molecule has 0 aliphatic carbocycles. The molecule has 6 heteroatoms. The lowest BCUT2D eigenvalue weighted by molar-refractivity contribution is -0.154. The zero-order chi connectivity index (χ0) is 13.2. The number of carbonyl (C=O) groups is 1.